The third-order valence-corrected chi connectivity index (χ3v) is 4.33. The van der Waals surface area contributed by atoms with Gasteiger partial charge in [0.2, 0.25) is 0 Å². The number of halogens is 1. The predicted molar refractivity (Wildman–Crippen MR) is 79.3 cm³/mol. The smallest absolute Gasteiger partial charge is 0.0623 e. The van der Waals surface area contributed by atoms with Crippen LogP contribution >= 0.6 is 15.9 Å². The lowest BCUT2D eigenvalue weighted by Crippen LogP contribution is -2.31. The molecule has 0 fully saturated rings. The van der Waals surface area contributed by atoms with Gasteiger partial charge >= 0.3 is 0 Å². The number of ether oxygens (including phenoxy) is 1. The summed E-state index contributed by atoms with van der Waals surface area (Å²) in [4.78, 5) is 0. The van der Waals surface area contributed by atoms with Crippen LogP contribution in [0.2, 0.25) is 0 Å². The first-order chi connectivity index (χ1) is 8.41. The highest BCUT2D eigenvalue weighted by Gasteiger charge is 2.20. The molecule has 0 radical (unpaired) electrons. The molecule has 0 aliphatic rings. The topological polar surface area (TPSA) is 47.3 Å². The number of hydrazine groups is 1. The minimum atomic E-state index is -0.116. The summed E-state index contributed by atoms with van der Waals surface area (Å²) in [5.41, 5.74) is 5.26. The maximum atomic E-state index is 5.69. The number of benzene rings is 1. The van der Waals surface area contributed by atoms with E-state index in [0.717, 1.165) is 17.3 Å². The second kappa shape index (κ2) is 6.66. The number of hydrogen-bond acceptors (Lipinski definition) is 3. The van der Waals surface area contributed by atoms with Crippen molar-refractivity contribution in [1.82, 2.24) is 5.43 Å². The van der Waals surface area contributed by atoms with Crippen molar-refractivity contribution in [3.63, 3.8) is 0 Å². The lowest BCUT2D eigenvalue weighted by atomic mass is 9.93. The van der Waals surface area contributed by atoms with Crippen LogP contribution in [-0.4, -0.2) is 12.7 Å². The standard InChI is InChI=1S/C14H23BrN2O/c1-10-11(6-5-7-12(10)15)13(17-16)8-9-14(2,3)18-4/h5-7,13,17H,8-9,16H2,1-4H3. The van der Waals surface area contributed by atoms with E-state index in [2.05, 4.69) is 48.2 Å². The molecule has 0 aromatic heterocycles. The Morgan fingerprint density at radius 3 is 2.67 bits per heavy atom. The molecule has 1 aromatic carbocycles. The zero-order valence-corrected chi connectivity index (χ0v) is 13.2. The van der Waals surface area contributed by atoms with E-state index in [1.165, 1.54) is 11.1 Å². The molecule has 0 spiro atoms. The number of nitrogens with one attached hydrogen (secondary N) is 1. The SMILES string of the molecule is COC(C)(C)CCC(NN)c1cccc(Br)c1C. The summed E-state index contributed by atoms with van der Waals surface area (Å²) in [6.07, 6.45) is 1.89. The molecular formula is C14H23BrN2O. The molecule has 0 heterocycles. The zero-order chi connectivity index (χ0) is 13.8. The molecule has 0 saturated carbocycles. The van der Waals surface area contributed by atoms with Gasteiger partial charge in [0.25, 0.3) is 0 Å². The Bertz CT molecular complexity index is 393. The van der Waals surface area contributed by atoms with Crippen LogP contribution in [0.15, 0.2) is 22.7 Å². The van der Waals surface area contributed by atoms with Crippen LogP contribution in [0.5, 0.6) is 0 Å². The average Bonchev–Trinajstić information content (AvgIpc) is 2.35. The van der Waals surface area contributed by atoms with Crippen molar-refractivity contribution in [2.24, 2.45) is 5.84 Å². The second-order valence-corrected chi connectivity index (χ2v) is 6.03. The van der Waals surface area contributed by atoms with Gasteiger partial charge in [0.1, 0.15) is 0 Å². The Kier molecular flexibility index (Phi) is 5.79. The fourth-order valence-electron chi connectivity index (χ4n) is 1.92. The molecule has 102 valence electrons. The number of rotatable bonds is 6. The van der Waals surface area contributed by atoms with E-state index >= 15 is 0 Å². The maximum absolute atomic E-state index is 5.69. The summed E-state index contributed by atoms with van der Waals surface area (Å²) >= 11 is 3.55. The van der Waals surface area contributed by atoms with Crippen molar-refractivity contribution in [2.75, 3.05) is 7.11 Å². The number of methoxy groups -OCH3 is 1. The molecule has 0 aliphatic carbocycles. The van der Waals surface area contributed by atoms with Gasteiger partial charge in [-0.3, -0.25) is 11.3 Å². The van der Waals surface area contributed by atoms with Gasteiger partial charge in [0, 0.05) is 17.6 Å². The number of nitrogens with two attached hydrogens (primary N) is 1. The first-order valence-corrected chi connectivity index (χ1v) is 6.97. The molecule has 4 heteroatoms. The second-order valence-electron chi connectivity index (χ2n) is 5.18. The molecule has 1 aromatic rings. The first kappa shape index (κ1) is 15.6. The summed E-state index contributed by atoms with van der Waals surface area (Å²) in [7, 11) is 1.75. The van der Waals surface area contributed by atoms with Crippen LogP contribution in [0.4, 0.5) is 0 Å². The minimum absolute atomic E-state index is 0.116. The Hall–Kier alpha value is -0.420. The third-order valence-electron chi connectivity index (χ3n) is 3.47. The molecule has 1 unspecified atom stereocenters. The van der Waals surface area contributed by atoms with Gasteiger partial charge < -0.3 is 4.74 Å². The first-order valence-electron chi connectivity index (χ1n) is 6.17. The normalized spacial score (nSPS) is 13.7. The van der Waals surface area contributed by atoms with Crippen molar-refractivity contribution in [2.45, 2.75) is 45.3 Å². The molecule has 1 rings (SSSR count). The summed E-state index contributed by atoms with van der Waals surface area (Å²) in [5, 5.41) is 0. The molecule has 18 heavy (non-hydrogen) atoms. The molecule has 3 nitrogen and oxygen atoms in total. The highest BCUT2D eigenvalue weighted by molar-refractivity contribution is 9.10. The minimum Gasteiger partial charge on any atom is -0.379 e. The van der Waals surface area contributed by atoms with Crippen LogP contribution in [0.25, 0.3) is 0 Å². The van der Waals surface area contributed by atoms with Crippen LogP contribution in [-0.2, 0) is 4.74 Å². The summed E-state index contributed by atoms with van der Waals surface area (Å²) in [6, 6.07) is 6.35. The maximum Gasteiger partial charge on any atom is 0.0623 e. The predicted octanol–water partition coefficient (Wildman–Crippen LogP) is 3.47. The molecule has 3 N–H and O–H groups in total. The van der Waals surface area contributed by atoms with Crippen molar-refractivity contribution >= 4 is 15.9 Å². The molecule has 0 amide bonds. The average molecular weight is 315 g/mol. The highest BCUT2D eigenvalue weighted by Crippen LogP contribution is 2.29. The van der Waals surface area contributed by atoms with Gasteiger partial charge in [-0.25, -0.2) is 0 Å². The Labute approximate surface area is 118 Å². The molecular weight excluding hydrogens is 292 g/mol. The van der Waals surface area contributed by atoms with Crippen LogP contribution in [0.1, 0.15) is 43.9 Å². The van der Waals surface area contributed by atoms with Gasteiger partial charge in [-0.1, -0.05) is 28.1 Å². The van der Waals surface area contributed by atoms with Gasteiger partial charge in [-0.2, -0.15) is 0 Å². The van der Waals surface area contributed by atoms with Gasteiger partial charge in [0.05, 0.1) is 5.60 Å². The van der Waals surface area contributed by atoms with Crippen molar-refractivity contribution < 1.29 is 4.74 Å². The molecule has 0 aliphatic heterocycles. The number of hydrogen-bond donors (Lipinski definition) is 2. The van der Waals surface area contributed by atoms with Gasteiger partial charge in [-0.05, 0) is 50.8 Å². The van der Waals surface area contributed by atoms with E-state index < -0.39 is 0 Å². The van der Waals surface area contributed by atoms with Crippen LogP contribution < -0.4 is 11.3 Å². The summed E-state index contributed by atoms with van der Waals surface area (Å²) < 4.78 is 6.56. The summed E-state index contributed by atoms with van der Waals surface area (Å²) in [5.74, 6) is 5.69. The van der Waals surface area contributed by atoms with Crippen molar-refractivity contribution in [3.05, 3.63) is 33.8 Å². The largest absolute Gasteiger partial charge is 0.379 e. The van der Waals surface area contributed by atoms with E-state index in [-0.39, 0.29) is 11.6 Å². The lowest BCUT2D eigenvalue weighted by Gasteiger charge is -2.26. The molecule has 1 atom stereocenters. The quantitative estimate of drug-likeness (QED) is 0.624. The van der Waals surface area contributed by atoms with E-state index in [1.54, 1.807) is 7.11 Å². The fraction of sp³-hybridized carbons (Fsp3) is 0.571. The van der Waals surface area contributed by atoms with Gasteiger partial charge in [0.15, 0.2) is 0 Å². The molecule has 0 saturated heterocycles. The fourth-order valence-corrected chi connectivity index (χ4v) is 2.31. The van der Waals surface area contributed by atoms with E-state index in [0.29, 0.717) is 0 Å². The van der Waals surface area contributed by atoms with Crippen molar-refractivity contribution in [1.29, 1.82) is 0 Å². The van der Waals surface area contributed by atoms with Gasteiger partial charge in [-0.15, -0.1) is 0 Å². The van der Waals surface area contributed by atoms with E-state index in [1.807, 2.05) is 12.1 Å². The Morgan fingerprint density at radius 2 is 2.11 bits per heavy atom. The Morgan fingerprint density at radius 1 is 1.44 bits per heavy atom. The zero-order valence-electron chi connectivity index (χ0n) is 11.6. The molecule has 0 bridgehead atoms. The van der Waals surface area contributed by atoms with E-state index in [4.69, 9.17) is 10.6 Å². The monoisotopic (exact) mass is 314 g/mol. The highest BCUT2D eigenvalue weighted by atomic mass is 79.9. The third kappa shape index (κ3) is 4.05. The Balaban J connectivity index is 2.81. The van der Waals surface area contributed by atoms with E-state index in [9.17, 15) is 0 Å². The lowest BCUT2D eigenvalue weighted by molar-refractivity contribution is 0.0116. The van der Waals surface area contributed by atoms with Crippen molar-refractivity contribution in [3.8, 4) is 0 Å². The van der Waals surface area contributed by atoms with Crippen LogP contribution in [0, 0.1) is 6.92 Å². The van der Waals surface area contributed by atoms with Crippen LogP contribution in [0.3, 0.4) is 0 Å². The summed E-state index contributed by atoms with van der Waals surface area (Å²) in [6.45, 7) is 6.29.